The van der Waals surface area contributed by atoms with Crippen molar-refractivity contribution in [3.8, 4) is 11.3 Å². The lowest BCUT2D eigenvalue weighted by Gasteiger charge is -2.34. The van der Waals surface area contributed by atoms with Gasteiger partial charge in [-0.2, -0.15) is 0 Å². The largest absolute Gasteiger partial charge is 0.465 e. The molecule has 1 aliphatic heterocycles. The van der Waals surface area contributed by atoms with Gasteiger partial charge in [-0.05, 0) is 24.6 Å². The molecule has 1 fully saturated rings. The third-order valence-corrected chi connectivity index (χ3v) is 4.28. The molecule has 3 rings (SSSR count). The molecule has 0 radical (unpaired) electrons. The van der Waals surface area contributed by atoms with Gasteiger partial charge in [-0.25, -0.2) is 9.78 Å². The molecule has 0 aromatic carbocycles. The summed E-state index contributed by atoms with van der Waals surface area (Å²) in [6.45, 7) is 4.16. The van der Waals surface area contributed by atoms with E-state index >= 15 is 0 Å². The van der Waals surface area contributed by atoms with Crippen molar-refractivity contribution in [1.82, 2.24) is 14.9 Å². The highest BCUT2D eigenvalue weighted by molar-refractivity contribution is 6.33. The van der Waals surface area contributed by atoms with E-state index in [1.54, 1.807) is 12.4 Å². The summed E-state index contributed by atoms with van der Waals surface area (Å²) in [5, 5.41) is 9.58. The monoisotopic (exact) mass is 332 g/mol. The SMILES string of the molecule is Cc1cccnc1-c1cc(N2CCN(C(=O)O)CC2)ncc1Cl. The molecule has 0 saturated carbocycles. The molecule has 1 saturated heterocycles. The summed E-state index contributed by atoms with van der Waals surface area (Å²) in [6.07, 6.45) is 2.49. The Morgan fingerprint density at radius 2 is 2.00 bits per heavy atom. The lowest BCUT2D eigenvalue weighted by atomic mass is 10.1. The molecule has 6 nitrogen and oxygen atoms in total. The molecular formula is C16H17ClN4O2. The van der Waals surface area contributed by atoms with Gasteiger partial charge >= 0.3 is 6.09 Å². The Kier molecular flexibility index (Phi) is 4.34. The van der Waals surface area contributed by atoms with Gasteiger partial charge in [0.15, 0.2) is 0 Å². The Bertz CT molecular complexity index is 730. The van der Waals surface area contributed by atoms with Crippen molar-refractivity contribution in [3.63, 3.8) is 0 Å². The van der Waals surface area contributed by atoms with Crippen molar-refractivity contribution in [2.24, 2.45) is 0 Å². The number of halogens is 1. The van der Waals surface area contributed by atoms with E-state index in [9.17, 15) is 4.79 Å². The summed E-state index contributed by atoms with van der Waals surface area (Å²) < 4.78 is 0. The van der Waals surface area contributed by atoms with Crippen LogP contribution in [0, 0.1) is 6.92 Å². The van der Waals surface area contributed by atoms with Crippen molar-refractivity contribution in [3.05, 3.63) is 41.2 Å². The molecule has 0 aliphatic carbocycles. The first-order valence-electron chi connectivity index (χ1n) is 7.36. The molecule has 0 bridgehead atoms. The van der Waals surface area contributed by atoms with Crippen LogP contribution < -0.4 is 4.90 Å². The molecule has 3 heterocycles. The van der Waals surface area contributed by atoms with Gasteiger partial charge in [-0.1, -0.05) is 17.7 Å². The molecule has 2 aromatic rings. The maximum atomic E-state index is 11.0. The Labute approximate surface area is 139 Å². The summed E-state index contributed by atoms with van der Waals surface area (Å²) in [4.78, 5) is 23.3. The van der Waals surface area contributed by atoms with Gasteiger partial charge in [0.2, 0.25) is 0 Å². The molecular weight excluding hydrogens is 316 g/mol. The van der Waals surface area contributed by atoms with E-state index in [4.69, 9.17) is 16.7 Å². The van der Waals surface area contributed by atoms with Gasteiger partial charge in [-0.3, -0.25) is 4.98 Å². The number of nitrogens with zero attached hydrogens (tertiary/aromatic N) is 4. The second kappa shape index (κ2) is 6.42. The molecule has 120 valence electrons. The summed E-state index contributed by atoms with van der Waals surface area (Å²) in [7, 11) is 0. The Morgan fingerprint density at radius 3 is 2.65 bits per heavy atom. The van der Waals surface area contributed by atoms with Crippen molar-refractivity contribution in [2.45, 2.75) is 6.92 Å². The third-order valence-electron chi connectivity index (χ3n) is 3.98. The van der Waals surface area contributed by atoms with Crippen LogP contribution in [-0.4, -0.2) is 52.2 Å². The van der Waals surface area contributed by atoms with Crippen LogP contribution in [0.4, 0.5) is 10.6 Å². The first-order chi connectivity index (χ1) is 11.1. The third kappa shape index (κ3) is 3.22. The minimum atomic E-state index is -0.876. The minimum absolute atomic E-state index is 0.470. The number of anilines is 1. The number of aryl methyl sites for hydroxylation is 1. The molecule has 1 N–H and O–H groups in total. The van der Waals surface area contributed by atoms with Gasteiger partial charge in [0.05, 0.1) is 10.7 Å². The second-order valence-corrected chi connectivity index (χ2v) is 5.86. The first-order valence-corrected chi connectivity index (χ1v) is 7.74. The highest BCUT2D eigenvalue weighted by atomic mass is 35.5. The van der Waals surface area contributed by atoms with Gasteiger partial charge in [0.25, 0.3) is 0 Å². The van der Waals surface area contributed by atoms with E-state index in [2.05, 4.69) is 14.9 Å². The molecule has 7 heteroatoms. The highest BCUT2D eigenvalue weighted by Gasteiger charge is 2.22. The quantitative estimate of drug-likeness (QED) is 0.915. The van der Waals surface area contributed by atoms with Crippen LogP contribution in [0.5, 0.6) is 0 Å². The van der Waals surface area contributed by atoms with Gasteiger partial charge in [-0.15, -0.1) is 0 Å². The number of carbonyl (C=O) groups is 1. The number of hydrogen-bond acceptors (Lipinski definition) is 4. The average Bonchev–Trinajstić information content (AvgIpc) is 2.56. The van der Waals surface area contributed by atoms with E-state index in [1.165, 1.54) is 4.90 Å². The van der Waals surface area contributed by atoms with Crippen LogP contribution in [0.2, 0.25) is 5.02 Å². The molecule has 1 amide bonds. The normalized spacial score (nSPS) is 14.9. The smallest absolute Gasteiger partial charge is 0.407 e. The molecule has 23 heavy (non-hydrogen) atoms. The van der Waals surface area contributed by atoms with Crippen molar-refractivity contribution >= 4 is 23.5 Å². The summed E-state index contributed by atoms with van der Waals surface area (Å²) in [6, 6.07) is 5.80. The predicted octanol–water partition coefficient (Wildman–Crippen LogP) is 2.91. The van der Waals surface area contributed by atoms with Crippen LogP contribution in [0.15, 0.2) is 30.6 Å². The fraction of sp³-hybridized carbons (Fsp3) is 0.312. The number of rotatable bonds is 2. The van der Waals surface area contributed by atoms with Crippen molar-refractivity contribution < 1.29 is 9.90 Å². The van der Waals surface area contributed by atoms with Gasteiger partial charge < -0.3 is 14.9 Å². The molecule has 0 atom stereocenters. The maximum absolute atomic E-state index is 11.0. The Hall–Kier alpha value is -2.34. The Balaban J connectivity index is 1.87. The number of hydrogen-bond donors (Lipinski definition) is 1. The van der Waals surface area contributed by atoms with Crippen LogP contribution in [0.1, 0.15) is 5.56 Å². The predicted molar refractivity (Wildman–Crippen MR) is 89.0 cm³/mol. The van der Waals surface area contributed by atoms with Crippen molar-refractivity contribution in [2.75, 3.05) is 31.1 Å². The highest BCUT2D eigenvalue weighted by Crippen LogP contribution is 2.31. The topological polar surface area (TPSA) is 69.6 Å². The summed E-state index contributed by atoms with van der Waals surface area (Å²) >= 11 is 6.30. The fourth-order valence-electron chi connectivity index (χ4n) is 2.68. The number of carboxylic acid groups (broad SMARTS) is 1. The Morgan fingerprint density at radius 1 is 1.26 bits per heavy atom. The second-order valence-electron chi connectivity index (χ2n) is 5.45. The van der Waals surface area contributed by atoms with Crippen LogP contribution in [0.25, 0.3) is 11.3 Å². The van der Waals surface area contributed by atoms with E-state index < -0.39 is 6.09 Å². The zero-order valence-corrected chi connectivity index (χ0v) is 13.5. The lowest BCUT2D eigenvalue weighted by Crippen LogP contribution is -2.48. The first kappa shape index (κ1) is 15.6. The van der Waals surface area contributed by atoms with Crippen molar-refractivity contribution in [1.29, 1.82) is 0 Å². The molecule has 0 spiro atoms. The van der Waals surface area contributed by atoms with Crippen LogP contribution in [-0.2, 0) is 0 Å². The maximum Gasteiger partial charge on any atom is 0.407 e. The molecule has 1 aliphatic rings. The van der Waals surface area contributed by atoms with E-state index in [-0.39, 0.29) is 0 Å². The average molecular weight is 333 g/mol. The number of amides is 1. The van der Waals surface area contributed by atoms with E-state index in [0.29, 0.717) is 31.2 Å². The number of pyridine rings is 2. The van der Waals surface area contributed by atoms with E-state index in [1.807, 2.05) is 25.1 Å². The number of piperazine rings is 1. The zero-order valence-electron chi connectivity index (χ0n) is 12.7. The summed E-state index contributed by atoms with van der Waals surface area (Å²) in [5.41, 5.74) is 2.72. The van der Waals surface area contributed by atoms with Gasteiger partial charge in [0, 0.05) is 44.1 Å². The van der Waals surface area contributed by atoms with Crippen LogP contribution >= 0.6 is 11.6 Å². The standard InChI is InChI=1S/C16H17ClN4O2/c1-11-3-2-4-18-15(11)12-9-14(19-10-13(12)17)20-5-7-21(8-6-20)16(22)23/h2-4,9-10H,5-8H2,1H3,(H,22,23). The molecule has 0 unspecified atom stereocenters. The summed E-state index contributed by atoms with van der Waals surface area (Å²) in [5.74, 6) is 0.791. The number of aromatic nitrogens is 2. The zero-order chi connectivity index (χ0) is 16.4. The van der Waals surface area contributed by atoms with Crippen LogP contribution in [0.3, 0.4) is 0 Å². The fourth-order valence-corrected chi connectivity index (χ4v) is 2.87. The lowest BCUT2D eigenvalue weighted by molar-refractivity contribution is 0.142. The molecule has 2 aromatic heterocycles. The minimum Gasteiger partial charge on any atom is -0.465 e. The van der Waals surface area contributed by atoms with E-state index in [0.717, 1.165) is 22.6 Å². The van der Waals surface area contributed by atoms with Gasteiger partial charge in [0.1, 0.15) is 5.82 Å².